The number of aryl methyl sites for hydroxylation is 1. The summed E-state index contributed by atoms with van der Waals surface area (Å²) >= 11 is 9.42. The van der Waals surface area contributed by atoms with E-state index in [0.29, 0.717) is 46.7 Å². The number of aromatic nitrogens is 3. The van der Waals surface area contributed by atoms with Gasteiger partial charge in [-0.3, -0.25) is 4.79 Å². The zero-order chi connectivity index (χ0) is 21.3. The molecule has 1 aliphatic rings. The summed E-state index contributed by atoms with van der Waals surface area (Å²) in [6, 6.07) is 7.23. The van der Waals surface area contributed by atoms with Crippen molar-refractivity contribution in [3.05, 3.63) is 35.0 Å². The summed E-state index contributed by atoms with van der Waals surface area (Å²) in [5.41, 5.74) is 2.35. The average molecular weight is 466 g/mol. The molecule has 0 amide bonds. The third-order valence-corrected chi connectivity index (χ3v) is 6.65. The number of hydrogen-bond donors (Lipinski definition) is 0. The van der Waals surface area contributed by atoms with E-state index in [9.17, 15) is 4.79 Å². The fourth-order valence-electron chi connectivity index (χ4n) is 2.85. The molecule has 3 heterocycles. The highest BCUT2D eigenvalue weighted by Gasteiger charge is 2.25. The van der Waals surface area contributed by atoms with E-state index in [1.54, 1.807) is 28.6 Å². The Labute approximate surface area is 187 Å². The van der Waals surface area contributed by atoms with Crippen molar-refractivity contribution in [1.82, 2.24) is 14.8 Å². The van der Waals surface area contributed by atoms with E-state index in [-0.39, 0.29) is 6.10 Å². The molecule has 0 saturated carbocycles. The van der Waals surface area contributed by atoms with Crippen LogP contribution in [0.2, 0.25) is 5.02 Å². The van der Waals surface area contributed by atoms with Gasteiger partial charge in [0.25, 0.3) is 6.47 Å². The Bertz CT molecular complexity index is 1060. The van der Waals surface area contributed by atoms with Crippen LogP contribution < -0.4 is 9.47 Å². The van der Waals surface area contributed by atoms with Crippen molar-refractivity contribution in [2.75, 3.05) is 13.2 Å². The number of ether oxygens (including phenoxy) is 3. The predicted octanol–water partition coefficient (Wildman–Crippen LogP) is 4.77. The lowest BCUT2D eigenvalue weighted by atomic mass is 10.1. The van der Waals surface area contributed by atoms with E-state index < -0.39 is 0 Å². The SMILES string of the molecule is Cc1cc(OC=O)n(-c2nc(-c3ccc(Cl)cc3OC3COC3)c(SC(C)C)s2)n1. The Morgan fingerprint density at radius 2 is 2.17 bits per heavy atom. The maximum Gasteiger partial charge on any atom is 0.299 e. The number of benzene rings is 1. The quantitative estimate of drug-likeness (QED) is 0.350. The summed E-state index contributed by atoms with van der Waals surface area (Å²) in [7, 11) is 0. The fourth-order valence-corrected chi connectivity index (χ4v) is 5.47. The summed E-state index contributed by atoms with van der Waals surface area (Å²) in [6.45, 7) is 7.58. The van der Waals surface area contributed by atoms with Crippen molar-refractivity contribution in [1.29, 1.82) is 0 Å². The highest BCUT2D eigenvalue weighted by molar-refractivity contribution is 8.01. The van der Waals surface area contributed by atoms with Gasteiger partial charge in [-0.05, 0) is 25.1 Å². The first kappa shape index (κ1) is 21.2. The Kier molecular flexibility index (Phi) is 6.33. The van der Waals surface area contributed by atoms with Crippen LogP contribution in [-0.4, -0.2) is 45.8 Å². The Hall–Kier alpha value is -2.07. The Balaban J connectivity index is 1.81. The van der Waals surface area contributed by atoms with Gasteiger partial charge in [0.2, 0.25) is 11.0 Å². The van der Waals surface area contributed by atoms with Gasteiger partial charge in [0, 0.05) is 21.9 Å². The van der Waals surface area contributed by atoms with Gasteiger partial charge in [0.15, 0.2) is 0 Å². The number of thiazole rings is 1. The third-order valence-electron chi connectivity index (χ3n) is 4.18. The molecule has 0 unspecified atom stereocenters. The molecule has 1 aliphatic heterocycles. The van der Waals surface area contributed by atoms with E-state index in [2.05, 4.69) is 18.9 Å². The summed E-state index contributed by atoms with van der Waals surface area (Å²) in [5, 5.41) is 5.98. The van der Waals surface area contributed by atoms with Crippen LogP contribution in [0.1, 0.15) is 19.5 Å². The summed E-state index contributed by atoms with van der Waals surface area (Å²) in [6.07, 6.45) is 0.00267. The van der Waals surface area contributed by atoms with Gasteiger partial charge in [-0.15, -0.1) is 11.8 Å². The van der Waals surface area contributed by atoms with Crippen LogP contribution in [0.3, 0.4) is 0 Å². The first-order chi connectivity index (χ1) is 14.4. The average Bonchev–Trinajstić information content (AvgIpc) is 3.21. The second-order valence-corrected chi connectivity index (χ2v) is 10.2. The summed E-state index contributed by atoms with van der Waals surface area (Å²) in [4.78, 5) is 15.7. The van der Waals surface area contributed by atoms with E-state index in [0.717, 1.165) is 21.2 Å². The van der Waals surface area contributed by atoms with Gasteiger partial charge in [-0.25, -0.2) is 4.98 Å². The fraction of sp³-hybridized carbons (Fsp3) is 0.350. The number of halogens is 1. The molecule has 0 spiro atoms. The second-order valence-electron chi connectivity index (χ2n) is 6.97. The molecule has 1 aromatic carbocycles. The molecule has 0 bridgehead atoms. The zero-order valence-electron chi connectivity index (χ0n) is 16.6. The smallest absolute Gasteiger partial charge is 0.299 e. The number of rotatable bonds is 8. The van der Waals surface area contributed by atoms with Gasteiger partial charge in [-0.1, -0.05) is 36.8 Å². The molecule has 0 radical (unpaired) electrons. The highest BCUT2D eigenvalue weighted by Crippen LogP contribution is 2.44. The molecule has 2 aromatic heterocycles. The molecular weight excluding hydrogens is 446 g/mol. The van der Waals surface area contributed by atoms with Crippen LogP contribution in [-0.2, 0) is 9.53 Å². The summed E-state index contributed by atoms with van der Waals surface area (Å²) < 4.78 is 19.0. The minimum atomic E-state index is 0.00267. The van der Waals surface area contributed by atoms with Crippen LogP contribution >= 0.6 is 34.7 Å². The molecule has 7 nitrogen and oxygen atoms in total. The zero-order valence-corrected chi connectivity index (χ0v) is 19.0. The maximum absolute atomic E-state index is 10.9. The lowest BCUT2D eigenvalue weighted by molar-refractivity contribution is -0.121. The van der Waals surface area contributed by atoms with Gasteiger partial charge >= 0.3 is 0 Å². The van der Waals surface area contributed by atoms with Crippen LogP contribution in [0, 0.1) is 6.92 Å². The normalized spacial score (nSPS) is 14.0. The van der Waals surface area contributed by atoms with Crippen molar-refractivity contribution in [3.63, 3.8) is 0 Å². The van der Waals surface area contributed by atoms with Crippen molar-refractivity contribution in [2.24, 2.45) is 0 Å². The molecule has 1 fully saturated rings. The van der Waals surface area contributed by atoms with E-state index in [1.165, 1.54) is 11.3 Å². The van der Waals surface area contributed by atoms with Gasteiger partial charge in [0.05, 0.1) is 23.1 Å². The van der Waals surface area contributed by atoms with Crippen LogP contribution in [0.15, 0.2) is 28.5 Å². The number of carbonyl (C=O) groups excluding carboxylic acids is 1. The predicted molar refractivity (Wildman–Crippen MR) is 117 cm³/mol. The van der Waals surface area contributed by atoms with Crippen molar-refractivity contribution >= 4 is 41.2 Å². The number of nitrogens with zero attached hydrogens (tertiary/aromatic N) is 3. The van der Waals surface area contributed by atoms with Crippen molar-refractivity contribution in [3.8, 4) is 28.0 Å². The van der Waals surface area contributed by atoms with Crippen LogP contribution in [0.4, 0.5) is 0 Å². The minimum Gasteiger partial charge on any atom is -0.485 e. The van der Waals surface area contributed by atoms with Crippen molar-refractivity contribution < 1.29 is 19.0 Å². The topological polar surface area (TPSA) is 75.5 Å². The number of carbonyl (C=O) groups is 1. The number of thioether (sulfide) groups is 1. The molecule has 4 rings (SSSR count). The van der Waals surface area contributed by atoms with E-state index in [1.807, 2.05) is 19.1 Å². The van der Waals surface area contributed by atoms with Gasteiger partial charge in [0.1, 0.15) is 17.5 Å². The van der Waals surface area contributed by atoms with E-state index in [4.69, 9.17) is 30.8 Å². The standard InChI is InChI=1S/C20H20ClN3O4S2/c1-11(2)29-19-18(15-5-4-13(21)7-16(15)28-14-8-26-9-14)22-20(30-19)24-17(27-10-25)6-12(3)23-24/h4-7,10-11,14H,8-9H2,1-3H3. The molecule has 0 atom stereocenters. The molecular formula is C20H20ClN3O4S2. The first-order valence-electron chi connectivity index (χ1n) is 9.33. The molecule has 10 heteroatoms. The van der Waals surface area contributed by atoms with Crippen LogP contribution in [0.5, 0.6) is 11.6 Å². The molecule has 158 valence electrons. The minimum absolute atomic E-state index is 0.00267. The Morgan fingerprint density at radius 1 is 1.37 bits per heavy atom. The molecule has 3 aromatic rings. The van der Waals surface area contributed by atoms with Gasteiger partial charge in [-0.2, -0.15) is 9.78 Å². The molecule has 30 heavy (non-hydrogen) atoms. The molecule has 0 aliphatic carbocycles. The first-order valence-corrected chi connectivity index (χ1v) is 11.4. The molecule has 1 saturated heterocycles. The highest BCUT2D eigenvalue weighted by atomic mass is 35.5. The monoisotopic (exact) mass is 465 g/mol. The summed E-state index contributed by atoms with van der Waals surface area (Å²) in [5.74, 6) is 0.988. The van der Waals surface area contributed by atoms with Crippen LogP contribution in [0.25, 0.3) is 16.4 Å². The van der Waals surface area contributed by atoms with Gasteiger partial charge < -0.3 is 14.2 Å². The Morgan fingerprint density at radius 3 is 2.83 bits per heavy atom. The third kappa shape index (κ3) is 4.49. The largest absolute Gasteiger partial charge is 0.485 e. The maximum atomic E-state index is 10.9. The second kappa shape index (κ2) is 8.97. The molecule has 0 N–H and O–H groups in total. The number of hydrogen-bond acceptors (Lipinski definition) is 8. The lowest BCUT2D eigenvalue weighted by Gasteiger charge is -2.27. The van der Waals surface area contributed by atoms with E-state index >= 15 is 0 Å². The van der Waals surface area contributed by atoms with Crippen molar-refractivity contribution in [2.45, 2.75) is 36.3 Å². The lowest BCUT2D eigenvalue weighted by Crippen LogP contribution is -2.38.